The van der Waals surface area contributed by atoms with Crippen LogP contribution >= 0.6 is 0 Å². The quantitative estimate of drug-likeness (QED) is 0.629. The van der Waals surface area contributed by atoms with E-state index in [4.69, 9.17) is 4.74 Å². The number of nitrogens with zero attached hydrogens (tertiary/aromatic N) is 3. The Bertz CT molecular complexity index is 968. The predicted molar refractivity (Wildman–Crippen MR) is 119 cm³/mol. The molecule has 0 unspecified atom stereocenters. The minimum absolute atomic E-state index is 0.0693. The summed E-state index contributed by atoms with van der Waals surface area (Å²) in [7, 11) is 0. The predicted octanol–water partition coefficient (Wildman–Crippen LogP) is 3.89. The molecule has 0 aliphatic carbocycles. The van der Waals surface area contributed by atoms with Gasteiger partial charge >= 0.3 is 0 Å². The minimum atomic E-state index is 0.0693. The van der Waals surface area contributed by atoms with Crippen LogP contribution in [0.5, 0.6) is 5.75 Å². The van der Waals surface area contributed by atoms with Crippen LogP contribution in [0, 0.1) is 6.92 Å². The number of benzene rings is 2. The van der Waals surface area contributed by atoms with E-state index in [0.29, 0.717) is 12.2 Å². The highest BCUT2D eigenvalue weighted by molar-refractivity contribution is 5.95. The van der Waals surface area contributed by atoms with Crippen molar-refractivity contribution in [2.75, 3.05) is 39.3 Å². The minimum Gasteiger partial charge on any atom is -0.492 e. The Morgan fingerprint density at radius 2 is 1.57 bits per heavy atom. The first-order valence-electron chi connectivity index (χ1n) is 10.4. The third-order valence-electron chi connectivity index (χ3n) is 5.46. The first kappa shape index (κ1) is 20.1. The van der Waals surface area contributed by atoms with Gasteiger partial charge in [-0.15, -0.1) is 0 Å². The summed E-state index contributed by atoms with van der Waals surface area (Å²) in [6.45, 7) is 6.60. The maximum atomic E-state index is 13.0. The second-order valence-electron chi connectivity index (χ2n) is 7.49. The fraction of sp³-hybridized carbons (Fsp3) is 0.280. The van der Waals surface area contributed by atoms with Gasteiger partial charge in [0.25, 0.3) is 5.91 Å². The van der Waals surface area contributed by atoms with E-state index < -0.39 is 0 Å². The Balaban J connectivity index is 1.30. The summed E-state index contributed by atoms with van der Waals surface area (Å²) in [5, 5.41) is 0. The number of ether oxygens (including phenoxy) is 1. The molecule has 0 atom stereocenters. The van der Waals surface area contributed by atoms with Gasteiger partial charge in [0.1, 0.15) is 12.4 Å². The van der Waals surface area contributed by atoms with Crippen LogP contribution in [0.15, 0.2) is 72.8 Å². The molecule has 5 heteroatoms. The maximum absolute atomic E-state index is 13.0. The van der Waals surface area contributed by atoms with Crippen molar-refractivity contribution in [3.63, 3.8) is 0 Å². The lowest BCUT2D eigenvalue weighted by molar-refractivity contribution is 0.0619. The van der Waals surface area contributed by atoms with Crippen molar-refractivity contribution in [1.29, 1.82) is 0 Å². The molecular formula is C25H27N3O2. The zero-order chi connectivity index (χ0) is 20.8. The van der Waals surface area contributed by atoms with Crippen molar-refractivity contribution in [2.24, 2.45) is 0 Å². The number of carbonyl (C=O) groups excluding carboxylic acids is 1. The van der Waals surface area contributed by atoms with Crippen molar-refractivity contribution < 1.29 is 9.53 Å². The third-order valence-corrected chi connectivity index (χ3v) is 5.46. The lowest BCUT2D eigenvalue weighted by atomic mass is 10.1. The second kappa shape index (κ2) is 9.55. The molecule has 0 N–H and O–H groups in total. The summed E-state index contributed by atoms with van der Waals surface area (Å²) >= 11 is 0. The summed E-state index contributed by atoms with van der Waals surface area (Å²) in [5.74, 6) is 0.966. The summed E-state index contributed by atoms with van der Waals surface area (Å²) in [4.78, 5) is 22.0. The van der Waals surface area contributed by atoms with E-state index in [2.05, 4.69) is 9.88 Å². The van der Waals surface area contributed by atoms with Crippen molar-refractivity contribution in [1.82, 2.24) is 14.8 Å². The van der Waals surface area contributed by atoms with Crippen molar-refractivity contribution in [2.45, 2.75) is 6.92 Å². The normalized spacial score (nSPS) is 14.5. The number of hydrogen-bond acceptors (Lipinski definition) is 4. The number of carbonyl (C=O) groups is 1. The lowest BCUT2D eigenvalue weighted by Gasteiger charge is -2.34. The maximum Gasteiger partial charge on any atom is 0.255 e. The SMILES string of the molecule is Cc1nc(-c2ccccc2)ccc1C(=O)N1CCN(CCOc2ccccc2)CC1. The van der Waals surface area contributed by atoms with Crippen LogP contribution in [0.1, 0.15) is 16.1 Å². The van der Waals surface area contributed by atoms with Crippen LogP contribution < -0.4 is 4.74 Å². The molecule has 0 spiro atoms. The lowest BCUT2D eigenvalue weighted by Crippen LogP contribution is -2.49. The topological polar surface area (TPSA) is 45.7 Å². The van der Waals surface area contributed by atoms with E-state index >= 15 is 0 Å². The molecule has 1 amide bonds. The number of aromatic nitrogens is 1. The summed E-state index contributed by atoms with van der Waals surface area (Å²) in [6, 6.07) is 23.8. The highest BCUT2D eigenvalue weighted by Crippen LogP contribution is 2.20. The number of rotatable bonds is 6. The average Bonchev–Trinajstić information content (AvgIpc) is 2.80. The molecule has 154 valence electrons. The smallest absolute Gasteiger partial charge is 0.255 e. The molecule has 1 fully saturated rings. The zero-order valence-electron chi connectivity index (χ0n) is 17.3. The molecule has 30 heavy (non-hydrogen) atoms. The molecule has 1 aliphatic rings. The van der Waals surface area contributed by atoms with Crippen LogP contribution in [0.25, 0.3) is 11.3 Å². The molecule has 1 aliphatic heterocycles. The Kier molecular flexibility index (Phi) is 6.40. The molecule has 1 saturated heterocycles. The highest BCUT2D eigenvalue weighted by Gasteiger charge is 2.23. The number of amides is 1. The van der Waals surface area contributed by atoms with Gasteiger partial charge in [-0.3, -0.25) is 14.7 Å². The molecular weight excluding hydrogens is 374 g/mol. The monoisotopic (exact) mass is 401 g/mol. The van der Waals surface area contributed by atoms with Crippen LogP contribution in [0.2, 0.25) is 0 Å². The molecule has 0 radical (unpaired) electrons. The molecule has 0 bridgehead atoms. The van der Waals surface area contributed by atoms with Gasteiger partial charge in [-0.2, -0.15) is 0 Å². The highest BCUT2D eigenvalue weighted by atomic mass is 16.5. The van der Waals surface area contributed by atoms with E-state index in [1.54, 1.807) is 0 Å². The molecule has 5 nitrogen and oxygen atoms in total. The summed E-state index contributed by atoms with van der Waals surface area (Å²) in [5.41, 5.74) is 3.43. The fourth-order valence-electron chi connectivity index (χ4n) is 3.71. The molecule has 3 aromatic rings. The Morgan fingerprint density at radius 3 is 2.23 bits per heavy atom. The van der Waals surface area contributed by atoms with Gasteiger partial charge in [-0.25, -0.2) is 0 Å². The third kappa shape index (κ3) is 4.86. The van der Waals surface area contributed by atoms with E-state index in [1.165, 1.54) is 0 Å². The van der Waals surface area contributed by atoms with E-state index in [-0.39, 0.29) is 5.91 Å². The van der Waals surface area contributed by atoms with Crippen molar-refractivity contribution in [3.05, 3.63) is 84.1 Å². The van der Waals surface area contributed by atoms with Gasteiger partial charge in [0.2, 0.25) is 0 Å². The Labute approximate surface area is 177 Å². The first-order valence-corrected chi connectivity index (χ1v) is 10.4. The Hall–Kier alpha value is -3.18. The van der Waals surface area contributed by atoms with Crippen molar-refractivity contribution >= 4 is 5.91 Å². The first-order chi connectivity index (χ1) is 14.7. The van der Waals surface area contributed by atoms with E-state index in [1.807, 2.05) is 84.6 Å². The van der Waals surface area contributed by atoms with Crippen LogP contribution in [-0.2, 0) is 0 Å². The van der Waals surface area contributed by atoms with Crippen molar-refractivity contribution in [3.8, 4) is 17.0 Å². The molecule has 4 rings (SSSR count). The van der Waals surface area contributed by atoms with Gasteiger partial charge in [0.05, 0.1) is 17.0 Å². The molecule has 2 heterocycles. The van der Waals surface area contributed by atoms with Gasteiger partial charge in [0, 0.05) is 38.3 Å². The largest absolute Gasteiger partial charge is 0.492 e. The van der Waals surface area contributed by atoms with Crippen LogP contribution in [0.3, 0.4) is 0 Å². The Morgan fingerprint density at radius 1 is 0.900 bits per heavy atom. The summed E-state index contributed by atoms with van der Waals surface area (Å²) in [6.07, 6.45) is 0. The standard InChI is InChI=1S/C25H27N3O2/c1-20-23(12-13-24(26-20)21-8-4-2-5-9-21)25(29)28-16-14-27(15-17-28)18-19-30-22-10-6-3-7-11-22/h2-13H,14-19H2,1H3. The number of pyridine rings is 1. The van der Waals surface area contributed by atoms with Crippen LogP contribution in [0.4, 0.5) is 0 Å². The van der Waals surface area contributed by atoms with E-state index in [0.717, 1.165) is 55.4 Å². The van der Waals surface area contributed by atoms with Gasteiger partial charge in [-0.05, 0) is 31.2 Å². The number of aryl methyl sites for hydroxylation is 1. The van der Waals surface area contributed by atoms with Crippen LogP contribution in [-0.4, -0.2) is 60.0 Å². The average molecular weight is 402 g/mol. The van der Waals surface area contributed by atoms with Gasteiger partial charge in [-0.1, -0.05) is 48.5 Å². The number of piperazine rings is 1. The number of para-hydroxylation sites is 1. The van der Waals surface area contributed by atoms with Gasteiger partial charge in [0.15, 0.2) is 0 Å². The fourth-order valence-corrected chi connectivity index (χ4v) is 3.71. The van der Waals surface area contributed by atoms with Gasteiger partial charge < -0.3 is 9.64 Å². The molecule has 0 saturated carbocycles. The molecule has 1 aromatic heterocycles. The van der Waals surface area contributed by atoms with E-state index in [9.17, 15) is 4.79 Å². The summed E-state index contributed by atoms with van der Waals surface area (Å²) < 4.78 is 5.79. The zero-order valence-corrected chi connectivity index (χ0v) is 17.3. The second-order valence-corrected chi connectivity index (χ2v) is 7.49. The molecule has 2 aromatic carbocycles. The number of hydrogen-bond donors (Lipinski definition) is 0.